The first-order valence-electron chi connectivity index (χ1n) is 5.34. The highest BCUT2D eigenvalue weighted by Crippen LogP contribution is 2.21. The van der Waals surface area contributed by atoms with Gasteiger partial charge in [-0.1, -0.05) is 20.8 Å². The summed E-state index contributed by atoms with van der Waals surface area (Å²) in [5.41, 5.74) is 0. The minimum absolute atomic E-state index is 0.415. The lowest BCUT2D eigenvalue weighted by Gasteiger charge is -2.04. The van der Waals surface area contributed by atoms with Crippen LogP contribution >= 0.6 is 0 Å². The third-order valence-electron chi connectivity index (χ3n) is 2.34. The van der Waals surface area contributed by atoms with E-state index in [-0.39, 0.29) is 0 Å². The average molecular weight is 197 g/mol. The number of nitrogens with one attached hydrogen (secondary N) is 1. The first kappa shape index (κ1) is 11.2. The van der Waals surface area contributed by atoms with Crippen molar-refractivity contribution in [3.8, 4) is 0 Å². The number of rotatable bonds is 6. The molecule has 0 amide bonds. The quantitative estimate of drug-likeness (QED) is 0.758. The SMILES string of the molecule is CCNCc1nnc(C(CC)CC)o1. The van der Waals surface area contributed by atoms with Crippen LogP contribution in [0.2, 0.25) is 0 Å². The van der Waals surface area contributed by atoms with Gasteiger partial charge in [0.1, 0.15) is 0 Å². The topological polar surface area (TPSA) is 51.0 Å². The van der Waals surface area contributed by atoms with Gasteiger partial charge in [0.2, 0.25) is 11.8 Å². The molecule has 4 heteroatoms. The van der Waals surface area contributed by atoms with Crippen LogP contribution < -0.4 is 5.32 Å². The van der Waals surface area contributed by atoms with Crippen LogP contribution in [0.1, 0.15) is 51.3 Å². The second-order valence-corrected chi connectivity index (χ2v) is 3.33. The largest absolute Gasteiger partial charge is 0.424 e. The maximum atomic E-state index is 5.54. The van der Waals surface area contributed by atoms with Gasteiger partial charge in [-0.3, -0.25) is 0 Å². The molecule has 0 unspecified atom stereocenters. The highest BCUT2D eigenvalue weighted by molar-refractivity contribution is 4.90. The molecule has 0 atom stereocenters. The molecule has 14 heavy (non-hydrogen) atoms. The van der Waals surface area contributed by atoms with E-state index in [1.165, 1.54) is 0 Å². The van der Waals surface area contributed by atoms with Crippen molar-refractivity contribution < 1.29 is 4.42 Å². The Morgan fingerprint density at radius 2 is 1.93 bits per heavy atom. The van der Waals surface area contributed by atoms with E-state index >= 15 is 0 Å². The highest BCUT2D eigenvalue weighted by atomic mass is 16.4. The van der Waals surface area contributed by atoms with Gasteiger partial charge in [0.05, 0.1) is 6.54 Å². The molecule has 1 rings (SSSR count). The summed E-state index contributed by atoms with van der Waals surface area (Å²) in [6.07, 6.45) is 2.11. The lowest BCUT2D eigenvalue weighted by atomic mass is 10.0. The Morgan fingerprint density at radius 1 is 1.21 bits per heavy atom. The molecule has 0 aliphatic heterocycles. The van der Waals surface area contributed by atoms with Crippen molar-refractivity contribution in [2.75, 3.05) is 6.54 Å². The van der Waals surface area contributed by atoms with Crippen LogP contribution in [-0.2, 0) is 6.54 Å². The van der Waals surface area contributed by atoms with E-state index in [2.05, 4.69) is 36.3 Å². The van der Waals surface area contributed by atoms with E-state index in [1.807, 2.05) is 0 Å². The van der Waals surface area contributed by atoms with Crippen molar-refractivity contribution in [3.63, 3.8) is 0 Å². The molecule has 0 fully saturated rings. The Hall–Kier alpha value is -0.900. The van der Waals surface area contributed by atoms with E-state index in [0.717, 1.165) is 25.3 Å². The number of nitrogens with zero attached hydrogens (tertiary/aromatic N) is 2. The molecule has 1 aromatic rings. The smallest absolute Gasteiger partial charge is 0.230 e. The lowest BCUT2D eigenvalue weighted by Crippen LogP contribution is -2.11. The average Bonchev–Trinajstić information content (AvgIpc) is 2.65. The maximum absolute atomic E-state index is 5.54. The van der Waals surface area contributed by atoms with Gasteiger partial charge < -0.3 is 9.73 Å². The molecule has 80 valence electrons. The molecular formula is C10H19N3O. The molecule has 1 N–H and O–H groups in total. The zero-order valence-electron chi connectivity index (χ0n) is 9.21. The monoisotopic (exact) mass is 197 g/mol. The van der Waals surface area contributed by atoms with Crippen LogP contribution in [0.4, 0.5) is 0 Å². The second-order valence-electron chi connectivity index (χ2n) is 3.33. The predicted octanol–water partition coefficient (Wildman–Crippen LogP) is 2.08. The van der Waals surface area contributed by atoms with Gasteiger partial charge >= 0.3 is 0 Å². The van der Waals surface area contributed by atoms with Crippen molar-refractivity contribution in [1.82, 2.24) is 15.5 Å². The zero-order valence-corrected chi connectivity index (χ0v) is 9.21. The molecule has 4 nitrogen and oxygen atoms in total. The molecule has 0 aliphatic carbocycles. The van der Waals surface area contributed by atoms with Crippen LogP contribution in [0.5, 0.6) is 0 Å². The number of hydrogen-bond donors (Lipinski definition) is 1. The predicted molar refractivity (Wildman–Crippen MR) is 55.0 cm³/mol. The summed E-state index contributed by atoms with van der Waals surface area (Å²) in [6, 6.07) is 0. The first-order valence-corrected chi connectivity index (χ1v) is 5.34. The summed E-state index contributed by atoms with van der Waals surface area (Å²) in [5, 5.41) is 11.2. The van der Waals surface area contributed by atoms with Crippen molar-refractivity contribution in [3.05, 3.63) is 11.8 Å². The van der Waals surface area contributed by atoms with Gasteiger partial charge in [0.25, 0.3) is 0 Å². The van der Waals surface area contributed by atoms with Gasteiger partial charge in [0, 0.05) is 5.92 Å². The lowest BCUT2D eigenvalue weighted by molar-refractivity contribution is 0.395. The molecule has 1 aromatic heterocycles. The van der Waals surface area contributed by atoms with Crippen molar-refractivity contribution in [2.24, 2.45) is 0 Å². The van der Waals surface area contributed by atoms with Gasteiger partial charge in [0.15, 0.2) is 0 Å². The molecule has 0 saturated heterocycles. The van der Waals surface area contributed by atoms with Crippen LogP contribution in [0.25, 0.3) is 0 Å². The Labute approximate surface area is 85.1 Å². The van der Waals surface area contributed by atoms with Crippen molar-refractivity contribution >= 4 is 0 Å². The number of aromatic nitrogens is 2. The van der Waals surface area contributed by atoms with Crippen molar-refractivity contribution in [1.29, 1.82) is 0 Å². The summed E-state index contributed by atoms with van der Waals surface area (Å²) in [4.78, 5) is 0. The highest BCUT2D eigenvalue weighted by Gasteiger charge is 2.14. The van der Waals surface area contributed by atoms with Crippen LogP contribution in [0, 0.1) is 0 Å². The van der Waals surface area contributed by atoms with E-state index < -0.39 is 0 Å². The minimum atomic E-state index is 0.415. The standard InChI is InChI=1S/C10H19N3O/c1-4-8(5-2)10-13-12-9(14-10)7-11-6-3/h8,11H,4-7H2,1-3H3. The third-order valence-corrected chi connectivity index (χ3v) is 2.34. The summed E-state index contributed by atoms with van der Waals surface area (Å²) >= 11 is 0. The van der Waals surface area contributed by atoms with Crippen LogP contribution in [0.15, 0.2) is 4.42 Å². The zero-order chi connectivity index (χ0) is 10.4. The fourth-order valence-electron chi connectivity index (χ4n) is 1.37. The molecule has 0 radical (unpaired) electrons. The second kappa shape index (κ2) is 5.75. The number of hydrogen-bond acceptors (Lipinski definition) is 4. The molecule has 0 aromatic carbocycles. The summed E-state index contributed by atoms with van der Waals surface area (Å²) < 4.78 is 5.54. The van der Waals surface area contributed by atoms with Gasteiger partial charge in [-0.25, -0.2) is 0 Å². The molecule has 0 saturated carbocycles. The molecule has 0 aliphatic rings. The van der Waals surface area contributed by atoms with E-state index in [0.29, 0.717) is 18.4 Å². The normalized spacial score (nSPS) is 11.1. The van der Waals surface area contributed by atoms with E-state index in [9.17, 15) is 0 Å². The summed E-state index contributed by atoms with van der Waals surface area (Å²) in [7, 11) is 0. The van der Waals surface area contributed by atoms with Crippen molar-refractivity contribution in [2.45, 2.75) is 46.1 Å². The Kier molecular flexibility index (Phi) is 4.59. The molecule has 1 heterocycles. The Balaban J connectivity index is 2.57. The van der Waals surface area contributed by atoms with E-state index in [1.54, 1.807) is 0 Å². The minimum Gasteiger partial charge on any atom is -0.424 e. The summed E-state index contributed by atoms with van der Waals surface area (Å²) in [6.45, 7) is 7.93. The van der Waals surface area contributed by atoms with Gasteiger partial charge in [-0.05, 0) is 19.4 Å². The first-order chi connectivity index (χ1) is 6.81. The third kappa shape index (κ3) is 2.80. The maximum Gasteiger partial charge on any atom is 0.230 e. The molecule has 0 bridgehead atoms. The van der Waals surface area contributed by atoms with Crippen LogP contribution in [-0.4, -0.2) is 16.7 Å². The Bertz CT molecular complexity index is 256. The van der Waals surface area contributed by atoms with Crippen LogP contribution in [0.3, 0.4) is 0 Å². The van der Waals surface area contributed by atoms with Gasteiger partial charge in [-0.2, -0.15) is 0 Å². The fraction of sp³-hybridized carbons (Fsp3) is 0.800. The molecular weight excluding hydrogens is 178 g/mol. The van der Waals surface area contributed by atoms with Gasteiger partial charge in [-0.15, -0.1) is 10.2 Å². The Morgan fingerprint density at radius 3 is 2.50 bits per heavy atom. The van der Waals surface area contributed by atoms with E-state index in [4.69, 9.17) is 4.42 Å². The summed E-state index contributed by atoms with van der Waals surface area (Å²) in [5.74, 6) is 1.88. The fourth-order valence-corrected chi connectivity index (χ4v) is 1.37. The molecule has 0 spiro atoms.